The summed E-state index contributed by atoms with van der Waals surface area (Å²) in [4.78, 5) is 34.2. The summed E-state index contributed by atoms with van der Waals surface area (Å²) in [5.74, 6) is 1.20. The van der Waals surface area contributed by atoms with Crippen LogP contribution >= 0.6 is 0 Å². The van der Waals surface area contributed by atoms with Crippen LogP contribution in [0.3, 0.4) is 0 Å². The molecule has 0 spiro atoms. The van der Waals surface area contributed by atoms with Gasteiger partial charge < -0.3 is 4.98 Å². The Hall–Kier alpha value is -2.63. The number of aromatic amines is 1. The number of benzene rings is 1. The number of nitrogens with zero attached hydrogens (tertiary/aromatic N) is 3. The summed E-state index contributed by atoms with van der Waals surface area (Å²) in [5, 5.41) is 0. The van der Waals surface area contributed by atoms with Gasteiger partial charge in [0, 0.05) is 12.5 Å². The van der Waals surface area contributed by atoms with E-state index in [4.69, 9.17) is 4.98 Å². The lowest BCUT2D eigenvalue weighted by Gasteiger charge is -2.17. The largest absolute Gasteiger partial charge is 0.336 e. The molecular weight excluding hydrogens is 340 g/mol. The third-order valence-corrected chi connectivity index (χ3v) is 5.69. The Kier molecular flexibility index (Phi) is 4.72. The maximum atomic E-state index is 13.2. The lowest BCUT2D eigenvalue weighted by Crippen LogP contribution is -2.41. The molecule has 0 aliphatic heterocycles. The van der Waals surface area contributed by atoms with Crippen LogP contribution in [-0.2, 0) is 6.54 Å². The van der Waals surface area contributed by atoms with Crippen LogP contribution in [0.2, 0.25) is 0 Å². The smallest absolute Gasteiger partial charge is 0.333 e. The van der Waals surface area contributed by atoms with Gasteiger partial charge in [-0.2, -0.15) is 0 Å². The van der Waals surface area contributed by atoms with Crippen molar-refractivity contribution in [3.8, 4) is 0 Å². The number of H-pyrrole nitrogens is 1. The third-order valence-electron chi connectivity index (χ3n) is 5.69. The third kappa shape index (κ3) is 3.03. The number of rotatable bonds is 5. The Morgan fingerprint density at radius 1 is 1.19 bits per heavy atom. The van der Waals surface area contributed by atoms with Crippen molar-refractivity contribution in [1.29, 1.82) is 0 Å². The van der Waals surface area contributed by atoms with Gasteiger partial charge in [0.1, 0.15) is 11.3 Å². The molecule has 3 aromatic rings. The zero-order valence-electron chi connectivity index (χ0n) is 15.9. The fraction of sp³-hybridized carbons (Fsp3) is 0.476. The van der Waals surface area contributed by atoms with Crippen molar-refractivity contribution in [2.45, 2.75) is 64.5 Å². The van der Waals surface area contributed by atoms with Crippen LogP contribution in [0.5, 0.6) is 0 Å². The van der Waals surface area contributed by atoms with Crippen LogP contribution in [0.15, 0.2) is 39.9 Å². The highest BCUT2D eigenvalue weighted by atomic mass is 16.2. The Morgan fingerprint density at radius 3 is 2.56 bits per heavy atom. The molecule has 6 nitrogen and oxygen atoms in total. The number of fused-ring (bicyclic) bond motifs is 1. The van der Waals surface area contributed by atoms with Gasteiger partial charge in [-0.25, -0.2) is 9.78 Å². The molecule has 0 saturated heterocycles. The summed E-state index contributed by atoms with van der Waals surface area (Å²) in [7, 11) is 0. The summed E-state index contributed by atoms with van der Waals surface area (Å²) in [5.41, 5.74) is 1.41. The van der Waals surface area contributed by atoms with Gasteiger partial charge in [-0.05, 0) is 31.7 Å². The molecule has 0 radical (unpaired) electrons. The van der Waals surface area contributed by atoms with Crippen LogP contribution in [0, 0.1) is 0 Å². The van der Waals surface area contributed by atoms with Gasteiger partial charge in [0.2, 0.25) is 0 Å². The first-order chi connectivity index (χ1) is 13.1. The average Bonchev–Trinajstić information content (AvgIpc) is 3.35. The molecule has 1 fully saturated rings. The fourth-order valence-electron chi connectivity index (χ4n) is 4.19. The van der Waals surface area contributed by atoms with Gasteiger partial charge >= 0.3 is 5.69 Å². The number of aromatic nitrogens is 4. The molecule has 1 atom stereocenters. The lowest BCUT2D eigenvalue weighted by molar-refractivity contribution is 0.537. The first-order valence-corrected chi connectivity index (χ1v) is 9.91. The van der Waals surface area contributed by atoms with Crippen LogP contribution in [0.1, 0.15) is 69.3 Å². The fourth-order valence-corrected chi connectivity index (χ4v) is 4.19. The van der Waals surface area contributed by atoms with E-state index >= 15 is 0 Å². The molecule has 27 heavy (non-hydrogen) atoms. The van der Waals surface area contributed by atoms with E-state index in [2.05, 4.69) is 4.98 Å². The maximum Gasteiger partial charge on any atom is 0.333 e. The summed E-state index contributed by atoms with van der Waals surface area (Å²) < 4.78 is 3.02. The minimum atomic E-state index is -0.282. The van der Waals surface area contributed by atoms with E-state index in [-0.39, 0.29) is 17.3 Å². The van der Waals surface area contributed by atoms with E-state index in [1.807, 2.05) is 44.2 Å². The molecular formula is C21H26N4O2. The van der Waals surface area contributed by atoms with Crippen LogP contribution in [0.25, 0.3) is 11.2 Å². The van der Waals surface area contributed by atoms with Crippen molar-refractivity contribution >= 4 is 11.2 Å². The highest BCUT2D eigenvalue weighted by Gasteiger charge is 2.25. The van der Waals surface area contributed by atoms with Crippen LogP contribution < -0.4 is 11.2 Å². The molecule has 0 amide bonds. The number of hydrogen-bond acceptors (Lipinski definition) is 3. The zero-order valence-corrected chi connectivity index (χ0v) is 15.9. The molecule has 6 heteroatoms. The second-order valence-corrected chi connectivity index (χ2v) is 7.50. The van der Waals surface area contributed by atoms with Crippen molar-refractivity contribution in [1.82, 2.24) is 19.1 Å². The first kappa shape index (κ1) is 17.8. The van der Waals surface area contributed by atoms with Gasteiger partial charge in [0.05, 0.1) is 6.04 Å². The highest BCUT2D eigenvalue weighted by molar-refractivity contribution is 5.70. The molecule has 2 heterocycles. The molecule has 1 N–H and O–H groups in total. The molecule has 2 aromatic heterocycles. The second-order valence-electron chi connectivity index (χ2n) is 7.50. The SMILES string of the molecule is CCCn1c(=O)c2[nH]c(C3CCCC3)nc2n([C@@H](C)c2ccccc2)c1=O. The summed E-state index contributed by atoms with van der Waals surface area (Å²) in [6.45, 7) is 4.37. The second kappa shape index (κ2) is 7.18. The number of hydrogen-bond donors (Lipinski definition) is 1. The number of nitrogens with one attached hydrogen (secondary N) is 1. The van der Waals surface area contributed by atoms with Crippen molar-refractivity contribution in [2.75, 3.05) is 0 Å². The van der Waals surface area contributed by atoms with Gasteiger partial charge in [0.15, 0.2) is 5.65 Å². The molecule has 4 rings (SSSR count). The summed E-state index contributed by atoms with van der Waals surface area (Å²) in [6.07, 6.45) is 5.27. The lowest BCUT2D eigenvalue weighted by atomic mass is 10.1. The standard InChI is InChI=1S/C21H26N4O2/c1-3-13-24-20(26)17-19(23-18(22-17)16-11-7-8-12-16)25(21(24)27)14(2)15-9-5-4-6-10-15/h4-6,9-10,14,16H,3,7-8,11-13H2,1-2H3,(H,22,23)/t14-/m0/s1. The predicted molar refractivity (Wildman–Crippen MR) is 106 cm³/mol. The van der Waals surface area contributed by atoms with E-state index in [9.17, 15) is 9.59 Å². The zero-order chi connectivity index (χ0) is 19.0. The van der Waals surface area contributed by atoms with Crippen molar-refractivity contribution in [2.24, 2.45) is 0 Å². The van der Waals surface area contributed by atoms with Gasteiger partial charge in [-0.15, -0.1) is 0 Å². The Balaban J connectivity index is 1.97. The molecule has 1 aromatic carbocycles. The van der Waals surface area contributed by atoms with E-state index < -0.39 is 0 Å². The summed E-state index contributed by atoms with van der Waals surface area (Å²) in [6, 6.07) is 9.68. The average molecular weight is 366 g/mol. The Morgan fingerprint density at radius 2 is 1.89 bits per heavy atom. The Bertz CT molecular complexity index is 1060. The molecule has 0 bridgehead atoms. The van der Waals surface area contributed by atoms with Crippen LogP contribution in [-0.4, -0.2) is 19.1 Å². The molecule has 0 unspecified atom stereocenters. The van der Waals surface area contributed by atoms with E-state index in [1.54, 1.807) is 4.57 Å². The minimum Gasteiger partial charge on any atom is -0.336 e. The van der Waals surface area contributed by atoms with Crippen molar-refractivity contribution in [3.05, 3.63) is 62.6 Å². The molecule has 1 aliphatic rings. The first-order valence-electron chi connectivity index (χ1n) is 9.91. The van der Waals surface area contributed by atoms with Gasteiger partial charge in [0.25, 0.3) is 5.56 Å². The van der Waals surface area contributed by atoms with Crippen LogP contribution in [0.4, 0.5) is 0 Å². The molecule has 142 valence electrons. The topological polar surface area (TPSA) is 72.7 Å². The monoisotopic (exact) mass is 366 g/mol. The van der Waals surface area contributed by atoms with Crippen molar-refractivity contribution < 1.29 is 0 Å². The molecule has 1 saturated carbocycles. The van der Waals surface area contributed by atoms with Gasteiger partial charge in [-0.1, -0.05) is 50.1 Å². The summed E-state index contributed by atoms with van der Waals surface area (Å²) >= 11 is 0. The molecule has 1 aliphatic carbocycles. The van der Waals surface area contributed by atoms with Crippen molar-refractivity contribution in [3.63, 3.8) is 0 Å². The normalized spacial score (nSPS) is 16.2. The highest BCUT2D eigenvalue weighted by Crippen LogP contribution is 2.33. The minimum absolute atomic E-state index is 0.204. The maximum absolute atomic E-state index is 13.2. The Labute approximate surface area is 157 Å². The van der Waals surface area contributed by atoms with E-state index in [0.717, 1.165) is 30.7 Å². The van der Waals surface area contributed by atoms with E-state index in [1.165, 1.54) is 17.4 Å². The van der Waals surface area contributed by atoms with E-state index in [0.29, 0.717) is 23.6 Å². The number of imidazole rings is 1. The predicted octanol–water partition coefficient (Wildman–Crippen LogP) is 3.56. The quantitative estimate of drug-likeness (QED) is 0.750. The van der Waals surface area contributed by atoms with Gasteiger partial charge in [-0.3, -0.25) is 13.9 Å².